The maximum absolute atomic E-state index is 12.0. The van der Waals surface area contributed by atoms with E-state index in [1.165, 1.54) is 7.11 Å². The molecule has 0 fully saturated rings. The first-order valence-corrected chi connectivity index (χ1v) is 6.00. The van der Waals surface area contributed by atoms with Gasteiger partial charge in [-0.25, -0.2) is 0 Å². The maximum atomic E-state index is 12.0. The Balaban J connectivity index is 2.75. The molecular weight excluding hydrogens is 248 g/mol. The fourth-order valence-corrected chi connectivity index (χ4v) is 1.39. The summed E-state index contributed by atoms with van der Waals surface area (Å²) >= 11 is 4.95. The third kappa shape index (κ3) is 3.43. The third-order valence-corrected chi connectivity index (χ3v) is 3.26. The van der Waals surface area contributed by atoms with Gasteiger partial charge in [-0.3, -0.25) is 4.79 Å². The normalized spacial score (nSPS) is 10.8. The first-order chi connectivity index (χ1) is 8.38. The molecule has 5 heteroatoms. The Morgan fingerprint density at radius 3 is 2.61 bits per heavy atom. The van der Waals surface area contributed by atoms with Crippen LogP contribution >= 0.6 is 12.2 Å². The van der Waals surface area contributed by atoms with Gasteiger partial charge in [0, 0.05) is 12.0 Å². The van der Waals surface area contributed by atoms with Gasteiger partial charge in [-0.05, 0) is 12.1 Å². The van der Waals surface area contributed by atoms with E-state index in [9.17, 15) is 4.79 Å². The number of rotatable bonds is 5. The van der Waals surface area contributed by atoms with E-state index in [4.69, 9.17) is 22.7 Å². The monoisotopic (exact) mass is 266 g/mol. The van der Waals surface area contributed by atoms with Gasteiger partial charge in [0.1, 0.15) is 5.75 Å². The van der Waals surface area contributed by atoms with Gasteiger partial charge in [-0.1, -0.05) is 38.2 Å². The van der Waals surface area contributed by atoms with Crippen LogP contribution in [0.15, 0.2) is 24.3 Å². The van der Waals surface area contributed by atoms with E-state index in [2.05, 4.69) is 5.32 Å². The Hall–Kier alpha value is -1.62. The lowest BCUT2D eigenvalue weighted by Gasteiger charge is -2.23. The van der Waals surface area contributed by atoms with Crippen molar-refractivity contribution in [1.82, 2.24) is 5.32 Å². The van der Waals surface area contributed by atoms with Gasteiger partial charge >= 0.3 is 0 Å². The summed E-state index contributed by atoms with van der Waals surface area (Å²) in [7, 11) is 1.53. The molecule has 1 amide bonds. The molecule has 4 nitrogen and oxygen atoms in total. The molecule has 1 rings (SSSR count). The molecule has 18 heavy (non-hydrogen) atoms. The molecule has 98 valence electrons. The first kappa shape index (κ1) is 14.4. The van der Waals surface area contributed by atoms with E-state index in [1.54, 1.807) is 18.2 Å². The predicted molar refractivity (Wildman–Crippen MR) is 75.9 cm³/mol. The Morgan fingerprint density at radius 2 is 2.06 bits per heavy atom. The zero-order valence-corrected chi connectivity index (χ0v) is 11.6. The number of carbonyl (C=O) groups is 1. The quantitative estimate of drug-likeness (QED) is 0.797. The largest absolute Gasteiger partial charge is 0.496 e. The van der Waals surface area contributed by atoms with Crippen LogP contribution in [0.3, 0.4) is 0 Å². The molecule has 0 bridgehead atoms. The number of nitrogens with two attached hydrogens (primary N) is 1. The number of thiocarbonyl (C=S) groups is 1. The Kier molecular flexibility index (Phi) is 4.67. The highest BCUT2D eigenvalue weighted by molar-refractivity contribution is 7.80. The average molecular weight is 266 g/mol. The molecular formula is C13H18N2O2S. The molecule has 0 atom stereocenters. The topological polar surface area (TPSA) is 64.3 Å². The van der Waals surface area contributed by atoms with Crippen molar-refractivity contribution < 1.29 is 9.53 Å². The third-order valence-electron chi connectivity index (χ3n) is 2.71. The van der Waals surface area contributed by atoms with Crippen LogP contribution < -0.4 is 15.8 Å². The van der Waals surface area contributed by atoms with E-state index in [0.717, 1.165) is 0 Å². The summed E-state index contributed by atoms with van der Waals surface area (Å²) in [6.45, 7) is 4.16. The molecule has 0 aromatic heterocycles. The van der Waals surface area contributed by atoms with Gasteiger partial charge in [0.05, 0.1) is 17.7 Å². The molecule has 1 aromatic rings. The van der Waals surface area contributed by atoms with Gasteiger partial charge in [0.25, 0.3) is 5.91 Å². The molecule has 0 saturated heterocycles. The summed E-state index contributed by atoms with van der Waals surface area (Å²) in [6, 6.07) is 7.06. The van der Waals surface area contributed by atoms with Gasteiger partial charge in [-0.2, -0.15) is 0 Å². The van der Waals surface area contributed by atoms with Crippen molar-refractivity contribution >= 4 is 23.1 Å². The SMILES string of the molecule is COc1ccccc1C(=O)NCC(C)(C)C(N)=S. The summed E-state index contributed by atoms with van der Waals surface area (Å²) in [4.78, 5) is 12.4. The second kappa shape index (κ2) is 5.82. The van der Waals surface area contributed by atoms with Crippen LogP contribution in [-0.2, 0) is 0 Å². The van der Waals surface area contributed by atoms with Crippen molar-refractivity contribution in [2.75, 3.05) is 13.7 Å². The smallest absolute Gasteiger partial charge is 0.255 e. The van der Waals surface area contributed by atoms with Gasteiger partial charge in [-0.15, -0.1) is 0 Å². The highest BCUT2D eigenvalue weighted by atomic mass is 32.1. The number of para-hydroxylation sites is 1. The number of ether oxygens (including phenoxy) is 1. The zero-order chi connectivity index (χ0) is 13.8. The van der Waals surface area contributed by atoms with Gasteiger partial charge in [0.15, 0.2) is 0 Å². The van der Waals surface area contributed by atoms with Crippen molar-refractivity contribution in [3.63, 3.8) is 0 Å². The van der Waals surface area contributed by atoms with E-state index in [1.807, 2.05) is 19.9 Å². The van der Waals surface area contributed by atoms with Crippen LogP contribution in [-0.4, -0.2) is 24.6 Å². The first-order valence-electron chi connectivity index (χ1n) is 5.59. The van der Waals surface area contributed by atoms with Crippen LogP contribution in [0.1, 0.15) is 24.2 Å². The van der Waals surface area contributed by atoms with Crippen molar-refractivity contribution in [3.8, 4) is 5.75 Å². The summed E-state index contributed by atoms with van der Waals surface area (Å²) in [6.07, 6.45) is 0. The van der Waals surface area contributed by atoms with Crippen LogP contribution in [0.4, 0.5) is 0 Å². The second-order valence-electron chi connectivity index (χ2n) is 4.63. The van der Waals surface area contributed by atoms with E-state index in [-0.39, 0.29) is 5.91 Å². The number of carbonyl (C=O) groups excluding carboxylic acids is 1. The summed E-state index contributed by atoms with van der Waals surface area (Å²) in [5.41, 5.74) is 5.70. The number of amides is 1. The average Bonchev–Trinajstić information content (AvgIpc) is 2.35. The number of benzene rings is 1. The molecule has 0 radical (unpaired) electrons. The van der Waals surface area contributed by atoms with Gasteiger partial charge < -0.3 is 15.8 Å². The van der Waals surface area contributed by atoms with Crippen LogP contribution in [0.5, 0.6) is 5.75 Å². The fraction of sp³-hybridized carbons (Fsp3) is 0.385. The maximum Gasteiger partial charge on any atom is 0.255 e. The Morgan fingerprint density at radius 1 is 1.44 bits per heavy atom. The molecule has 0 aliphatic rings. The minimum atomic E-state index is -0.410. The van der Waals surface area contributed by atoms with Crippen molar-refractivity contribution in [2.45, 2.75) is 13.8 Å². The predicted octanol–water partition coefficient (Wildman–Crippen LogP) is 1.74. The minimum absolute atomic E-state index is 0.197. The summed E-state index contributed by atoms with van der Waals surface area (Å²) < 4.78 is 5.13. The lowest BCUT2D eigenvalue weighted by molar-refractivity contribution is 0.0942. The number of methoxy groups -OCH3 is 1. The molecule has 0 heterocycles. The number of nitrogens with one attached hydrogen (secondary N) is 1. The molecule has 0 aliphatic carbocycles. The van der Waals surface area contributed by atoms with Crippen LogP contribution in [0.25, 0.3) is 0 Å². The lowest BCUT2D eigenvalue weighted by Crippen LogP contribution is -2.41. The number of hydrogen-bond acceptors (Lipinski definition) is 3. The Bertz CT molecular complexity index is 458. The minimum Gasteiger partial charge on any atom is -0.496 e. The summed E-state index contributed by atoms with van der Waals surface area (Å²) in [5, 5.41) is 2.81. The molecule has 1 aromatic carbocycles. The highest BCUT2D eigenvalue weighted by Gasteiger charge is 2.23. The summed E-state index contributed by atoms with van der Waals surface area (Å²) in [5.74, 6) is 0.347. The standard InChI is InChI=1S/C13H18N2O2S/c1-13(2,12(14)18)8-15-11(16)9-6-4-5-7-10(9)17-3/h4-7H,8H2,1-3H3,(H2,14,18)(H,15,16). The van der Waals surface area contributed by atoms with E-state index in [0.29, 0.717) is 22.8 Å². The molecule has 0 unspecified atom stereocenters. The molecule has 0 aliphatic heterocycles. The number of hydrogen-bond donors (Lipinski definition) is 2. The zero-order valence-electron chi connectivity index (χ0n) is 10.8. The molecule has 0 spiro atoms. The second-order valence-corrected chi connectivity index (χ2v) is 5.07. The van der Waals surface area contributed by atoms with E-state index >= 15 is 0 Å². The lowest BCUT2D eigenvalue weighted by atomic mass is 9.93. The fourth-order valence-electron chi connectivity index (χ4n) is 1.32. The Labute approximate surface area is 113 Å². The highest BCUT2D eigenvalue weighted by Crippen LogP contribution is 2.18. The van der Waals surface area contributed by atoms with Crippen molar-refractivity contribution in [2.24, 2.45) is 11.1 Å². The van der Waals surface area contributed by atoms with Crippen molar-refractivity contribution in [3.05, 3.63) is 29.8 Å². The van der Waals surface area contributed by atoms with Crippen molar-refractivity contribution in [1.29, 1.82) is 0 Å². The van der Waals surface area contributed by atoms with Crippen LogP contribution in [0.2, 0.25) is 0 Å². The molecule has 3 N–H and O–H groups in total. The van der Waals surface area contributed by atoms with Crippen LogP contribution in [0, 0.1) is 5.41 Å². The van der Waals surface area contributed by atoms with E-state index < -0.39 is 5.41 Å². The van der Waals surface area contributed by atoms with Gasteiger partial charge in [0.2, 0.25) is 0 Å². The molecule has 0 saturated carbocycles.